The van der Waals surface area contributed by atoms with Crippen molar-refractivity contribution in [2.75, 3.05) is 11.9 Å². The van der Waals surface area contributed by atoms with Crippen LogP contribution in [-0.4, -0.2) is 28.6 Å². The van der Waals surface area contributed by atoms with E-state index in [0.717, 1.165) is 4.47 Å². The molecule has 0 unspecified atom stereocenters. The summed E-state index contributed by atoms with van der Waals surface area (Å²) in [6.07, 6.45) is 0.500. The number of amides is 2. The third-order valence-corrected chi connectivity index (χ3v) is 5.71. The van der Waals surface area contributed by atoms with E-state index in [0.29, 0.717) is 44.3 Å². The minimum atomic E-state index is -0.357. The van der Waals surface area contributed by atoms with Crippen LogP contribution in [0.2, 0.25) is 10.0 Å². The maximum atomic E-state index is 12.2. The Labute approximate surface area is 183 Å². The Balaban J connectivity index is 1.52. The van der Waals surface area contributed by atoms with Crippen molar-refractivity contribution in [2.24, 2.45) is 0 Å². The molecule has 10 heteroatoms. The Bertz CT molecular complexity index is 1030. The van der Waals surface area contributed by atoms with Crippen LogP contribution >= 0.6 is 50.5 Å². The maximum absolute atomic E-state index is 12.2. The van der Waals surface area contributed by atoms with Crippen molar-refractivity contribution in [1.29, 1.82) is 0 Å². The molecule has 1 aromatic heterocycles. The van der Waals surface area contributed by atoms with Crippen molar-refractivity contribution < 1.29 is 9.59 Å². The molecule has 6 nitrogen and oxygen atoms in total. The number of rotatable bonds is 6. The van der Waals surface area contributed by atoms with E-state index >= 15 is 0 Å². The number of aromatic nitrogens is 2. The quantitative estimate of drug-likeness (QED) is 0.508. The van der Waals surface area contributed by atoms with E-state index in [2.05, 4.69) is 36.8 Å². The van der Waals surface area contributed by atoms with Gasteiger partial charge in [-0.1, -0.05) is 56.5 Å². The predicted octanol–water partition coefficient (Wildman–Crippen LogP) is 4.83. The first-order chi connectivity index (χ1) is 13.4. The molecule has 3 aromatic rings. The number of anilines is 1. The second-order valence-electron chi connectivity index (χ2n) is 5.60. The highest BCUT2D eigenvalue weighted by atomic mass is 79.9. The summed E-state index contributed by atoms with van der Waals surface area (Å²) < 4.78 is 0.839. The lowest BCUT2D eigenvalue weighted by Gasteiger charge is -2.04. The van der Waals surface area contributed by atoms with Crippen LogP contribution in [0.15, 0.2) is 46.9 Å². The fourth-order valence-electron chi connectivity index (χ4n) is 2.23. The van der Waals surface area contributed by atoms with Crippen molar-refractivity contribution in [2.45, 2.75) is 6.42 Å². The third-order valence-electron chi connectivity index (χ3n) is 3.58. The van der Waals surface area contributed by atoms with Gasteiger partial charge in [0.15, 0.2) is 0 Å². The molecule has 28 heavy (non-hydrogen) atoms. The fourth-order valence-corrected chi connectivity index (χ4v) is 3.66. The molecule has 0 radical (unpaired) electrons. The van der Waals surface area contributed by atoms with Gasteiger partial charge in [-0.05, 0) is 36.4 Å². The summed E-state index contributed by atoms with van der Waals surface area (Å²) in [5.41, 5.74) is 0.939. The number of carbonyl (C=O) groups is 2. The van der Waals surface area contributed by atoms with Gasteiger partial charge >= 0.3 is 0 Å². The summed E-state index contributed by atoms with van der Waals surface area (Å²) in [5, 5.41) is 15.2. The molecule has 0 aliphatic carbocycles. The summed E-state index contributed by atoms with van der Waals surface area (Å²) in [7, 11) is 0. The van der Waals surface area contributed by atoms with Gasteiger partial charge in [0, 0.05) is 28.6 Å². The number of nitrogens with one attached hydrogen (secondary N) is 2. The van der Waals surface area contributed by atoms with E-state index in [1.165, 1.54) is 17.4 Å². The van der Waals surface area contributed by atoms with E-state index in [-0.39, 0.29) is 11.8 Å². The van der Waals surface area contributed by atoms with Crippen LogP contribution < -0.4 is 10.6 Å². The molecule has 0 saturated heterocycles. The van der Waals surface area contributed by atoms with Gasteiger partial charge in [0.2, 0.25) is 5.13 Å². The van der Waals surface area contributed by atoms with Crippen LogP contribution in [0.1, 0.15) is 25.7 Å². The van der Waals surface area contributed by atoms with E-state index in [4.69, 9.17) is 23.2 Å². The first kappa shape index (κ1) is 20.7. The summed E-state index contributed by atoms with van der Waals surface area (Å²) >= 11 is 16.4. The Hall–Kier alpha value is -2.00. The molecule has 2 aromatic carbocycles. The predicted molar refractivity (Wildman–Crippen MR) is 115 cm³/mol. The number of benzene rings is 2. The number of halogens is 3. The van der Waals surface area contributed by atoms with E-state index in [9.17, 15) is 9.59 Å². The second-order valence-corrected chi connectivity index (χ2v) is 8.39. The van der Waals surface area contributed by atoms with Gasteiger partial charge in [-0.15, -0.1) is 10.2 Å². The minimum absolute atomic E-state index is 0.168. The fraction of sp³-hybridized carbons (Fsp3) is 0.111. The number of carbonyl (C=O) groups excluding carboxylic acids is 2. The molecule has 0 saturated carbocycles. The van der Waals surface area contributed by atoms with Crippen LogP contribution in [-0.2, 0) is 6.42 Å². The van der Waals surface area contributed by atoms with E-state index < -0.39 is 0 Å². The Kier molecular flexibility index (Phi) is 7.01. The van der Waals surface area contributed by atoms with Crippen molar-refractivity contribution in [1.82, 2.24) is 15.5 Å². The third kappa shape index (κ3) is 5.51. The topological polar surface area (TPSA) is 84.0 Å². The average Bonchev–Trinajstić information content (AvgIpc) is 3.11. The summed E-state index contributed by atoms with van der Waals surface area (Å²) in [5.74, 6) is -0.525. The molecule has 0 spiro atoms. The van der Waals surface area contributed by atoms with Crippen molar-refractivity contribution in [3.63, 3.8) is 0 Å². The van der Waals surface area contributed by atoms with Gasteiger partial charge in [0.05, 0.1) is 10.0 Å². The van der Waals surface area contributed by atoms with Gasteiger partial charge in [0.1, 0.15) is 5.01 Å². The standard InChI is InChI=1S/C18H13BrCl2N4O2S/c19-12-3-1-2-10(8-12)16(26)22-7-6-15-24-25-18(28-15)23-17(27)11-4-5-13(20)14(21)9-11/h1-5,8-9H,6-7H2,(H,22,26)(H,23,25,27). The molecule has 0 fully saturated rings. The molecule has 0 aliphatic heterocycles. The normalized spacial score (nSPS) is 10.5. The first-order valence-electron chi connectivity index (χ1n) is 8.05. The molecule has 3 rings (SSSR count). The Morgan fingerprint density at radius 3 is 2.54 bits per heavy atom. The summed E-state index contributed by atoms with van der Waals surface area (Å²) in [6.45, 7) is 0.403. The molecule has 2 N–H and O–H groups in total. The zero-order chi connectivity index (χ0) is 20.1. The van der Waals surface area contributed by atoms with Gasteiger partial charge in [-0.25, -0.2) is 0 Å². The number of hydrogen-bond acceptors (Lipinski definition) is 5. The van der Waals surface area contributed by atoms with E-state index in [1.807, 2.05) is 6.07 Å². The van der Waals surface area contributed by atoms with E-state index in [1.54, 1.807) is 30.3 Å². The zero-order valence-corrected chi connectivity index (χ0v) is 18.1. The molecular weight excluding hydrogens is 487 g/mol. The Morgan fingerprint density at radius 1 is 1.00 bits per heavy atom. The maximum Gasteiger partial charge on any atom is 0.257 e. The monoisotopic (exact) mass is 498 g/mol. The summed E-state index contributed by atoms with van der Waals surface area (Å²) in [4.78, 5) is 24.3. The van der Waals surface area contributed by atoms with Crippen LogP contribution in [0.5, 0.6) is 0 Å². The minimum Gasteiger partial charge on any atom is -0.352 e. The highest BCUT2D eigenvalue weighted by molar-refractivity contribution is 9.10. The lowest BCUT2D eigenvalue weighted by Crippen LogP contribution is -2.25. The van der Waals surface area contributed by atoms with Crippen molar-refractivity contribution >= 4 is 67.4 Å². The van der Waals surface area contributed by atoms with Crippen LogP contribution in [0.25, 0.3) is 0 Å². The van der Waals surface area contributed by atoms with Gasteiger partial charge in [0.25, 0.3) is 11.8 Å². The van der Waals surface area contributed by atoms with Crippen LogP contribution in [0.3, 0.4) is 0 Å². The smallest absolute Gasteiger partial charge is 0.257 e. The van der Waals surface area contributed by atoms with Crippen LogP contribution in [0, 0.1) is 0 Å². The van der Waals surface area contributed by atoms with Gasteiger partial charge in [-0.2, -0.15) is 0 Å². The molecule has 144 valence electrons. The lowest BCUT2D eigenvalue weighted by molar-refractivity contribution is 0.0953. The number of nitrogens with zero attached hydrogens (tertiary/aromatic N) is 2. The lowest BCUT2D eigenvalue weighted by atomic mass is 10.2. The molecule has 0 aliphatic rings. The first-order valence-corrected chi connectivity index (χ1v) is 10.4. The van der Waals surface area contributed by atoms with Gasteiger partial charge < -0.3 is 5.32 Å². The zero-order valence-electron chi connectivity index (χ0n) is 14.2. The Morgan fingerprint density at radius 2 is 1.79 bits per heavy atom. The van der Waals surface area contributed by atoms with Crippen molar-refractivity contribution in [3.05, 3.63) is 73.1 Å². The number of hydrogen-bond donors (Lipinski definition) is 2. The highest BCUT2D eigenvalue weighted by Crippen LogP contribution is 2.23. The largest absolute Gasteiger partial charge is 0.352 e. The summed E-state index contributed by atoms with van der Waals surface area (Å²) in [6, 6.07) is 11.7. The molecular formula is C18H13BrCl2N4O2S. The van der Waals surface area contributed by atoms with Crippen molar-refractivity contribution in [3.8, 4) is 0 Å². The average molecular weight is 500 g/mol. The molecule has 0 bridgehead atoms. The second kappa shape index (κ2) is 9.47. The molecule has 2 amide bonds. The highest BCUT2D eigenvalue weighted by Gasteiger charge is 2.12. The van der Waals surface area contributed by atoms with Gasteiger partial charge in [-0.3, -0.25) is 14.9 Å². The molecule has 1 heterocycles. The SMILES string of the molecule is O=C(NCCc1nnc(NC(=O)c2ccc(Cl)c(Cl)c2)s1)c1cccc(Br)c1. The van der Waals surface area contributed by atoms with Crippen LogP contribution in [0.4, 0.5) is 5.13 Å². The molecule has 0 atom stereocenters.